The van der Waals surface area contributed by atoms with Crippen molar-refractivity contribution in [2.75, 3.05) is 0 Å². The molecule has 0 radical (unpaired) electrons. The summed E-state index contributed by atoms with van der Waals surface area (Å²) in [4.78, 5) is 7.52. The Balaban J connectivity index is 3.35. The zero-order chi connectivity index (χ0) is 6.24. The van der Waals surface area contributed by atoms with E-state index in [4.69, 9.17) is 0 Å². The van der Waals surface area contributed by atoms with E-state index in [0.717, 1.165) is 0 Å². The summed E-state index contributed by atoms with van der Waals surface area (Å²) in [7, 11) is 0. The molecule has 0 saturated heterocycles. The molecule has 44 valence electrons. The zero-order valence-electron chi connectivity index (χ0n) is 5.20. The van der Waals surface area contributed by atoms with Gasteiger partial charge >= 0.3 is 0 Å². The molecule has 0 heterocycles. The van der Waals surface area contributed by atoms with Crippen LogP contribution in [0.1, 0.15) is 13.8 Å². The number of hydrogen-bond acceptors (Lipinski definition) is 1. The Labute approximate surface area is 49.7 Å². The lowest BCUT2D eigenvalue weighted by Gasteiger charge is -1.69. The predicted octanol–water partition coefficient (Wildman–Crippen LogP) is 1.64. The molecule has 0 amide bonds. The summed E-state index contributed by atoms with van der Waals surface area (Å²) >= 11 is 0. The Bertz CT molecular complexity index is 97.7. The van der Waals surface area contributed by atoms with E-state index in [-0.39, 0.29) is 0 Å². The van der Waals surface area contributed by atoms with Gasteiger partial charge < -0.3 is 0 Å². The minimum atomic E-state index is 1.50. The highest BCUT2D eigenvalue weighted by molar-refractivity contribution is 5.70. The van der Waals surface area contributed by atoms with Gasteiger partial charge in [-0.05, 0) is 13.8 Å². The maximum Gasteiger partial charge on any atom is 0.114 e. The minimum absolute atomic E-state index is 1.50. The van der Waals surface area contributed by atoms with Gasteiger partial charge in [0.2, 0.25) is 0 Å². The van der Waals surface area contributed by atoms with Gasteiger partial charge in [-0.3, -0.25) is 0 Å². The summed E-state index contributed by atoms with van der Waals surface area (Å²) in [5.41, 5.74) is 0. The van der Waals surface area contributed by atoms with Gasteiger partial charge in [0, 0.05) is 12.4 Å². The van der Waals surface area contributed by atoms with Crippen LogP contribution in [-0.4, -0.2) is 12.6 Å². The van der Waals surface area contributed by atoms with E-state index < -0.39 is 0 Å². The van der Waals surface area contributed by atoms with E-state index in [2.05, 4.69) is 9.98 Å². The van der Waals surface area contributed by atoms with Crippen molar-refractivity contribution in [1.29, 1.82) is 0 Å². The first-order chi connectivity index (χ1) is 3.91. The fraction of sp³-hybridized carbons (Fsp3) is 0.333. The molecular weight excluding hydrogens is 100 g/mol. The van der Waals surface area contributed by atoms with Crippen LogP contribution in [0.5, 0.6) is 0 Å². The number of allylic oxidation sites excluding steroid dienone is 1. The summed E-state index contributed by atoms with van der Waals surface area (Å²) in [6, 6.07) is 0. The molecule has 0 spiro atoms. The highest BCUT2D eigenvalue weighted by atomic mass is 14.8. The molecule has 8 heavy (non-hydrogen) atoms. The number of rotatable bonds is 2. The van der Waals surface area contributed by atoms with Gasteiger partial charge in [0.15, 0.2) is 0 Å². The molecular formula is C6H10N2. The first-order valence-corrected chi connectivity index (χ1v) is 2.52. The fourth-order valence-corrected chi connectivity index (χ4v) is 0.230. The molecule has 0 atom stereocenters. The second kappa shape index (κ2) is 6.08. The molecule has 0 aromatic heterocycles. The van der Waals surface area contributed by atoms with Crippen LogP contribution in [0.3, 0.4) is 0 Å². The Kier molecular flexibility index (Phi) is 5.38. The number of aliphatic imine (C=N–C) groups is 2. The normalized spacial score (nSPS) is 12.8. The van der Waals surface area contributed by atoms with Crippen LogP contribution < -0.4 is 0 Å². The molecule has 0 aromatic carbocycles. The van der Waals surface area contributed by atoms with E-state index >= 15 is 0 Å². The topological polar surface area (TPSA) is 24.7 Å². The van der Waals surface area contributed by atoms with Gasteiger partial charge in [0.1, 0.15) is 6.34 Å². The SMILES string of the molecule is CC=NC=N/C=C\C. The van der Waals surface area contributed by atoms with Gasteiger partial charge in [-0.15, -0.1) is 0 Å². The molecule has 0 rings (SSSR count). The molecule has 0 aliphatic carbocycles. The van der Waals surface area contributed by atoms with Crippen LogP contribution in [0, 0.1) is 0 Å². The Morgan fingerprint density at radius 2 is 1.88 bits per heavy atom. The van der Waals surface area contributed by atoms with Crippen molar-refractivity contribution in [3.05, 3.63) is 12.3 Å². The van der Waals surface area contributed by atoms with Gasteiger partial charge in [-0.2, -0.15) is 0 Å². The maximum atomic E-state index is 3.78. The predicted molar refractivity (Wildman–Crippen MR) is 37.5 cm³/mol. The summed E-state index contributed by atoms with van der Waals surface area (Å²) in [6.07, 6.45) is 6.72. The highest BCUT2D eigenvalue weighted by Gasteiger charge is 1.55. The van der Waals surface area contributed by atoms with Crippen LogP contribution in [0.2, 0.25) is 0 Å². The van der Waals surface area contributed by atoms with Crippen molar-refractivity contribution in [1.82, 2.24) is 0 Å². The second-order valence-electron chi connectivity index (χ2n) is 1.15. The average Bonchev–Trinajstić information content (AvgIpc) is 1.81. The van der Waals surface area contributed by atoms with Crippen LogP contribution in [-0.2, 0) is 0 Å². The Hall–Kier alpha value is -0.920. The van der Waals surface area contributed by atoms with Crippen LogP contribution in [0.25, 0.3) is 0 Å². The van der Waals surface area contributed by atoms with Crippen molar-refractivity contribution in [2.45, 2.75) is 13.8 Å². The van der Waals surface area contributed by atoms with Crippen molar-refractivity contribution < 1.29 is 0 Å². The highest BCUT2D eigenvalue weighted by Crippen LogP contribution is 1.69. The monoisotopic (exact) mass is 110 g/mol. The Morgan fingerprint density at radius 3 is 2.38 bits per heavy atom. The van der Waals surface area contributed by atoms with E-state index in [0.29, 0.717) is 0 Å². The molecule has 0 saturated carbocycles. The van der Waals surface area contributed by atoms with Gasteiger partial charge in [0.05, 0.1) is 0 Å². The second-order valence-corrected chi connectivity index (χ2v) is 1.15. The Morgan fingerprint density at radius 1 is 1.12 bits per heavy atom. The van der Waals surface area contributed by atoms with E-state index in [1.54, 1.807) is 12.4 Å². The summed E-state index contributed by atoms with van der Waals surface area (Å²) in [5, 5.41) is 0. The molecule has 0 fully saturated rings. The van der Waals surface area contributed by atoms with Crippen LogP contribution in [0.4, 0.5) is 0 Å². The quantitative estimate of drug-likeness (QED) is 0.381. The molecule has 0 unspecified atom stereocenters. The largest absolute Gasteiger partial charge is 0.250 e. The molecule has 0 bridgehead atoms. The van der Waals surface area contributed by atoms with Gasteiger partial charge in [-0.25, -0.2) is 9.98 Å². The third-order valence-electron chi connectivity index (χ3n) is 0.518. The van der Waals surface area contributed by atoms with Crippen molar-refractivity contribution in [3.63, 3.8) is 0 Å². The van der Waals surface area contributed by atoms with E-state index in [9.17, 15) is 0 Å². The van der Waals surface area contributed by atoms with Crippen molar-refractivity contribution in [3.8, 4) is 0 Å². The standard InChI is InChI=1S/C6H10N2/c1-3-5-8-6-7-4-2/h3-6H,1-2H3/b5-3-,7-4?,8-6?. The van der Waals surface area contributed by atoms with Crippen molar-refractivity contribution in [2.24, 2.45) is 9.98 Å². The lowest BCUT2D eigenvalue weighted by atomic mass is 10.7. The molecule has 0 aliphatic heterocycles. The van der Waals surface area contributed by atoms with E-state index in [1.807, 2.05) is 19.9 Å². The average molecular weight is 110 g/mol. The lowest BCUT2D eigenvalue weighted by Crippen LogP contribution is -1.62. The first-order valence-electron chi connectivity index (χ1n) is 2.52. The molecule has 2 heteroatoms. The number of nitrogens with zero attached hydrogens (tertiary/aromatic N) is 2. The summed E-state index contributed by atoms with van der Waals surface area (Å²) in [6.45, 7) is 3.76. The minimum Gasteiger partial charge on any atom is -0.250 e. The first kappa shape index (κ1) is 7.08. The number of hydrogen-bond donors (Lipinski definition) is 0. The molecule has 0 N–H and O–H groups in total. The van der Waals surface area contributed by atoms with Crippen LogP contribution >= 0.6 is 0 Å². The van der Waals surface area contributed by atoms with Crippen molar-refractivity contribution >= 4 is 12.6 Å². The van der Waals surface area contributed by atoms with E-state index in [1.165, 1.54) is 6.34 Å². The summed E-state index contributed by atoms with van der Waals surface area (Å²) in [5.74, 6) is 0. The molecule has 2 nitrogen and oxygen atoms in total. The summed E-state index contributed by atoms with van der Waals surface area (Å²) < 4.78 is 0. The smallest absolute Gasteiger partial charge is 0.114 e. The molecule has 0 aromatic rings. The maximum absolute atomic E-state index is 3.78. The lowest BCUT2D eigenvalue weighted by molar-refractivity contribution is 1.52. The third-order valence-corrected chi connectivity index (χ3v) is 0.518. The third kappa shape index (κ3) is 5.08. The fourth-order valence-electron chi connectivity index (χ4n) is 0.230. The molecule has 0 aliphatic rings. The van der Waals surface area contributed by atoms with Gasteiger partial charge in [-0.1, -0.05) is 6.08 Å². The van der Waals surface area contributed by atoms with Crippen LogP contribution in [0.15, 0.2) is 22.3 Å². The zero-order valence-corrected chi connectivity index (χ0v) is 5.20. The van der Waals surface area contributed by atoms with Gasteiger partial charge in [0.25, 0.3) is 0 Å².